The molecule has 1 fully saturated rings. The topological polar surface area (TPSA) is 126 Å². The number of aromatic hydroxyl groups is 1. The lowest BCUT2D eigenvalue weighted by Gasteiger charge is -2.38. The highest BCUT2D eigenvalue weighted by atomic mass is 19.1. The minimum Gasteiger partial charge on any atom is -0.501 e. The molecule has 9 nitrogen and oxygen atoms in total. The largest absolute Gasteiger partial charge is 0.501 e. The Morgan fingerprint density at radius 1 is 1.02 bits per heavy atom. The van der Waals surface area contributed by atoms with Crippen LogP contribution in [0.3, 0.4) is 0 Å². The van der Waals surface area contributed by atoms with E-state index in [1.165, 1.54) is 35.0 Å². The second kappa shape index (κ2) is 10.5. The summed E-state index contributed by atoms with van der Waals surface area (Å²) in [6.07, 6.45) is 4.98. The molecule has 2 bridgehead atoms. The molecule has 204 valence electrons. The van der Waals surface area contributed by atoms with Crippen LogP contribution in [0.1, 0.15) is 64.0 Å². The molecular weight excluding hydrogens is 513 g/mol. The number of benzene rings is 2. The number of hydrogen-bond acceptors (Lipinski definition) is 6. The standard InChI is InChI=1S/C30H28FN5O4/c31-22-11-7-17(8-12-22)14-33-29(39)25-26(37)30(40)36-16-18-5-9-19(10-6-18)24(27(36)34-25)35-28(38)21-13-20-3-1-2-4-23(20)32-15-21/h1-4,7-8,11-13,15,18-19,24,37H,5-6,9-10,14,16H2,(H,33,39)(H,35,38)/t18?,19?,24-/m1/s1. The maximum absolute atomic E-state index is 13.5. The number of nitrogens with one attached hydrogen (secondary N) is 2. The quantitative estimate of drug-likeness (QED) is 0.352. The van der Waals surface area contributed by atoms with Gasteiger partial charge in [-0.3, -0.25) is 23.9 Å². The second-order valence-electron chi connectivity index (χ2n) is 10.5. The number of nitrogens with zero attached hydrogens (tertiary/aromatic N) is 3. The molecule has 7 rings (SSSR count). The Kier molecular flexibility index (Phi) is 6.75. The lowest BCUT2D eigenvalue weighted by molar-refractivity contribution is 0.0883. The first-order chi connectivity index (χ1) is 19.4. The Labute approximate surface area is 229 Å². The van der Waals surface area contributed by atoms with E-state index in [0.717, 1.165) is 36.6 Å². The zero-order chi connectivity index (χ0) is 27.8. The Morgan fingerprint density at radius 3 is 2.55 bits per heavy atom. The summed E-state index contributed by atoms with van der Waals surface area (Å²) in [7, 11) is 0. The minimum absolute atomic E-state index is 0.00624. The van der Waals surface area contributed by atoms with Crippen molar-refractivity contribution in [3.63, 3.8) is 0 Å². The molecule has 2 aromatic heterocycles. The van der Waals surface area contributed by atoms with E-state index in [1.807, 2.05) is 24.3 Å². The van der Waals surface area contributed by atoms with Crippen LogP contribution in [0.4, 0.5) is 4.39 Å². The Balaban J connectivity index is 1.34. The first-order valence-corrected chi connectivity index (χ1v) is 13.4. The molecule has 1 aliphatic carbocycles. The molecule has 1 atom stereocenters. The van der Waals surface area contributed by atoms with Crippen LogP contribution in [0, 0.1) is 17.7 Å². The van der Waals surface area contributed by atoms with Crippen LogP contribution < -0.4 is 16.2 Å². The molecule has 0 saturated heterocycles. The Hall–Kier alpha value is -4.60. The van der Waals surface area contributed by atoms with Crippen molar-refractivity contribution < 1.29 is 19.1 Å². The van der Waals surface area contributed by atoms with Crippen LogP contribution in [0.5, 0.6) is 5.75 Å². The average molecular weight is 542 g/mol. The number of aromatic nitrogens is 3. The van der Waals surface area contributed by atoms with E-state index in [1.54, 1.807) is 6.07 Å². The third kappa shape index (κ3) is 4.92. The molecule has 40 heavy (non-hydrogen) atoms. The first kappa shape index (κ1) is 25.7. The van der Waals surface area contributed by atoms with Gasteiger partial charge in [-0.2, -0.15) is 0 Å². The van der Waals surface area contributed by atoms with Crippen LogP contribution in [0.2, 0.25) is 0 Å². The Morgan fingerprint density at radius 2 is 1.77 bits per heavy atom. The number of hydrogen-bond donors (Lipinski definition) is 3. The lowest BCUT2D eigenvalue weighted by Crippen LogP contribution is -2.44. The summed E-state index contributed by atoms with van der Waals surface area (Å²) in [5, 5.41) is 17.3. The normalized spacial score (nSPS) is 19.9. The van der Waals surface area contributed by atoms with Crippen molar-refractivity contribution in [2.45, 2.75) is 44.8 Å². The summed E-state index contributed by atoms with van der Waals surface area (Å²) in [5.74, 6) is -1.72. The van der Waals surface area contributed by atoms with E-state index in [2.05, 4.69) is 20.6 Å². The van der Waals surface area contributed by atoms with E-state index in [0.29, 0.717) is 17.7 Å². The number of fused-ring (bicyclic) bond motifs is 3. The van der Waals surface area contributed by atoms with Gasteiger partial charge in [-0.25, -0.2) is 9.37 Å². The maximum atomic E-state index is 13.5. The van der Waals surface area contributed by atoms with E-state index in [9.17, 15) is 23.9 Å². The third-order valence-electron chi connectivity index (χ3n) is 7.98. The fourth-order valence-electron chi connectivity index (χ4n) is 5.78. The highest BCUT2D eigenvalue weighted by Gasteiger charge is 2.38. The van der Waals surface area contributed by atoms with Crippen molar-refractivity contribution >= 4 is 22.7 Å². The van der Waals surface area contributed by atoms with Crippen LogP contribution in [-0.4, -0.2) is 31.5 Å². The molecule has 1 saturated carbocycles. The monoisotopic (exact) mass is 541 g/mol. The smallest absolute Gasteiger partial charge is 0.296 e. The minimum atomic E-state index is -0.738. The summed E-state index contributed by atoms with van der Waals surface area (Å²) < 4.78 is 14.6. The number of para-hydroxylation sites is 1. The lowest BCUT2D eigenvalue weighted by atomic mass is 9.76. The highest BCUT2D eigenvalue weighted by molar-refractivity contribution is 5.97. The zero-order valence-corrected chi connectivity index (χ0v) is 21.6. The Bertz CT molecular complexity index is 1660. The summed E-state index contributed by atoms with van der Waals surface area (Å²) in [5.41, 5.74) is 0.675. The molecular formula is C30H28FN5O4. The summed E-state index contributed by atoms with van der Waals surface area (Å²) in [6.45, 7) is 0.404. The van der Waals surface area contributed by atoms with Crippen molar-refractivity contribution in [1.29, 1.82) is 0 Å². The van der Waals surface area contributed by atoms with Gasteiger partial charge >= 0.3 is 0 Å². The number of rotatable bonds is 5. The van der Waals surface area contributed by atoms with Crippen molar-refractivity contribution in [1.82, 2.24) is 25.2 Å². The number of halogens is 1. The van der Waals surface area contributed by atoms with Gasteiger partial charge in [-0.1, -0.05) is 30.3 Å². The van der Waals surface area contributed by atoms with Gasteiger partial charge in [0.25, 0.3) is 17.4 Å². The molecule has 4 aromatic rings. The highest BCUT2D eigenvalue weighted by Crippen LogP contribution is 2.40. The van der Waals surface area contributed by atoms with Gasteiger partial charge in [0.05, 0.1) is 17.1 Å². The predicted molar refractivity (Wildman–Crippen MR) is 145 cm³/mol. The third-order valence-corrected chi connectivity index (χ3v) is 7.98. The van der Waals surface area contributed by atoms with Gasteiger partial charge < -0.3 is 15.7 Å². The van der Waals surface area contributed by atoms with Crippen LogP contribution in [0.25, 0.3) is 10.9 Å². The molecule has 0 unspecified atom stereocenters. The summed E-state index contributed by atoms with van der Waals surface area (Å²) >= 11 is 0. The van der Waals surface area contributed by atoms with Gasteiger partial charge in [-0.05, 0) is 67.3 Å². The zero-order valence-electron chi connectivity index (χ0n) is 21.6. The van der Waals surface area contributed by atoms with E-state index >= 15 is 0 Å². The molecule has 3 aliphatic rings. The molecule has 10 heteroatoms. The molecule has 0 spiro atoms. The maximum Gasteiger partial charge on any atom is 0.296 e. The fraction of sp³-hybridized carbons (Fsp3) is 0.300. The van der Waals surface area contributed by atoms with Gasteiger partial charge in [0.2, 0.25) is 5.75 Å². The number of pyridine rings is 1. The SMILES string of the molecule is O=C(N[C@H]1c2nc(C(=O)NCc3ccc(F)cc3)c(O)c(=O)n2CC2CCC1CC2)c1cnc2ccccc2c1. The summed E-state index contributed by atoms with van der Waals surface area (Å²) in [4.78, 5) is 48.8. The van der Waals surface area contributed by atoms with E-state index in [4.69, 9.17) is 0 Å². The van der Waals surface area contributed by atoms with Crippen LogP contribution in [-0.2, 0) is 13.1 Å². The van der Waals surface area contributed by atoms with Crippen LogP contribution in [0.15, 0.2) is 65.6 Å². The van der Waals surface area contributed by atoms with E-state index in [-0.39, 0.29) is 30.1 Å². The summed E-state index contributed by atoms with van der Waals surface area (Å²) in [6, 6.07) is 14.2. The molecule has 0 radical (unpaired) electrons. The molecule has 2 aliphatic heterocycles. The number of amides is 2. The molecule has 2 aromatic carbocycles. The average Bonchev–Trinajstić information content (AvgIpc) is 2.97. The van der Waals surface area contributed by atoms with Crippen molar-refractivity contribution in [2.75, 3.05) is 0 Å². The second-order valence-corrected chi connectivity index (χ2v) is 10.5. The van der Waals surface area contributed by atoms with Crippen molar-refractivity contribution in [2.24, 2.45) is 11.8 Å². The number of carbonyl (C=O) groups is 2. The molecule has 3 N–H and O–H groups in total. The van der Waals surface area contributed by atoms with Gasteiger partial charge in [0, 0.05) is 24.7 Å². The van der Waals surface area contributed by atoms with Gasteiger partial charge in [-0.15, -0.1) is 0 Å². The predicted octanol–water partition coefficient (Wildman–Crippen LogP) is 3.86. The van der Waals surface area contributed by atoms with E-state index < -0.39 is 34.8 Å². The van der Waals surface area contributed by atoms with Crippen LogP contribution >= 0.6 is 0 Å². The fourth-order valence-corrected chi connectivity index (χ4v) is 5.78. The molecule has 4 heterocycles. The van der Waals surface area contributed by atoms with Crippen molar-refractivity contribution in [3.8, 4) is 5.75 Å². The van der Waals surface area contributed by atoms with Gasteiger partial charge in [0.1, 0.15) is 11.6 Å². The van der Waals surface area contributed by atoms with Crippen molar-refractivity contribution in [3.05, 3.63) is 99.6 Å². The van der Waals surface area contributed by atoms with Gasteiger partial charge in [0.15, 0.2) is 5.69 Å². The number of carbonyl (C=O) groups excluding carboxylic acids is 2. The molecule has 2 amide bonds. The first-order valence-electron chi connectivity index (χ1n) is 13.4.